The van der Waals surface area contributed by atoms with Crippen molar-refractivity contribution < 1.29 is 4.92 Å². The maximum absolute atomic E-state index is 10.9. The zero-order chi connectivity index (χ0) is 14.5. The predicted molar refractivity (Wildman–Crippen MR) is 80.3 cm³/mol. The molecule has 0 aliphatic carbocycles. The first-order valence-corrected chi connectivity index (χ1v) is 6.91. The molecular formula is C14H14BrN3O2. The van der Waals surface area contributed by atoms with Gasteiger partial charge in [-0.2, -0.15) is 0 Å². The number of halogens is 1. The van der Waals surface area contributed by atoms with Gasteiger partial charge in [0, 0.05) is 35.4 Å². The molecule has 1 aromatic carbocycles. The van der Waals surface area contributed by atoms with Gasteiger partial charge in [-0.15, -0.1) is 0 Å². The fourth-order valence-corrected chi connectivity index (χ4v) is 2.13. The van der Waals surface area contributed by atoms with Gasteiger partial charge in [0.05, 0.1) is 10.6 Å². The Morgan fingerprint density at radius 3 is 2.75 bits per heavy atom. The smallest absolute Gasteiger partial charge is 0.272 e. The fourth-order valence-electron chi connectivity index (χ4n) is 1.90. The molecular weight excluding hydrogens is 322 g/mol. The van der Waals surface area contributed by atoms with Crippen LogP contribution >= 0.6 is 15.9 Å². The van der Waals surface area contributed by atoms with Crippen molar-refractivity contribution in [3.8, 4) is 0 Å². The van der Waals surface area contributed by atoms with Crippen LogP contribution in [0.25, 0.3) is 0 Å². The highest BCUT2D eigenvalue weighted by Gasteiger charge is 2.12. The van der Waals surface area contributed by atoms with Gasteiger partial charge in [-0.25, -0.2) is 0 Å². The Hall–Kier alpha value is -1.79. The van der Waals surface area contributed by atoms with E-state index in [0.717, 1.165) is 15.7 Å². The predicted octanol–water partition coefficient (Wildman–Crippen LogP) is 3.35. The van der Waals surface area contributed by atoms with Crippen molar-refractivity contribution in [2.75, 3.05) is 0 Å². The molecule has 0 radical (unpaired) electrons. The summed E-state index contributed by atoms with van der Waals surface area (Å²) in [7, 11) is 0. The molecule has 6 heteroatoms. The van der Waals surface area contributed by atoms with Gasteiger partial charge in [-0.3, -0.25) is 15.1 Å². The number of pyridine rings is 1. The van der Waals surface area contributed by atoms with Crippen molar-refractivity contribution >= 4 is 21.6 Å². The molecule has 1 aromatic heterocycles. The van der Waals surface area contributed by atoms with E-state index in [2.05, 4.69) is 26.2 Å². The first-order valence-electron chi connectivity index (χ1n) is 6.12. The summed E-state index contributed by atoms with van der Waals surface area (Å²) in [6.07, 6.45) is 1.75. The Bertz CT molecular complexity index is 614. The third kappa shape index (κ3) is 3.61. The van der Waals surface area contributed by atoms with Crippen LogP contribution in [0.5, 0.6) is 0 Å². The first-order chi connectivity index (χ1) is 9.58. The number of nitro benzene ring substituents is 1. The molecule has 20 heavy (non-hydrogen) atoms. The third-order valence-electron chi connectivity index (χ3n) is 3.02. The van der Waals surface area contributed by atoms with Gasteiger partial charge in [0.15, 0.2) is 0 Å². The summed E-state index contributed by atoms with van der Waals surface area (Å²) in [4.78, 5) is 14.8. The minimum Gasteiger partial charge on any atom is -0.307 e. The standard InChI is InChI=1S/C14H14BrN3O2/c1-10-11(3-2-4-14(10)18(19)20)7-16-9-13-6-5-12(15)8-17-13/h2-6,8,16H,7,9H2,1H3. The molecule has 2 aromatic rings. The Labute approximate surface area is 125 Å². The zero-order valence-electron chi connectivity index (χ0n) is 11.0. The fraction of sp³-hybridized carbons (Fsp3) is 0.214. The van der Waals surface area contributed by atoms with E-state index in [1.807, 2.05) is 18.2 Å². The van der Waals surface area contributed by atoms with Crippen molar-refractivity contribution in [2.45, 2.75) is 20.0 Å². The van der Waals surface area contributed by atoms with E-state index in [1.165, 1.54) is 6.07 Å². The molecule has 5 nitrogen and oxygen atoms in total. The second-order valence-corrected chi connectivity index (χ2v) is 5.31. The van der Waals surface area contributed by atoms with E-state index in [-0.39, 0.29) is 10.6 Å². The normalized spacial score (nSPS) is 10.5. The van der Waals surface area contributed by atoms with E-state index < -0.39 is 0 Å². The zero-order valence-corrected chi connectivity index (χ0v) is 12.6. The lowest BCUT2D eigenvalue weighted by molar-refractivity contribution is -0.385. The van der Waals surface area contributed by atoms with E-state index >= 15 is 0 Å². The molecule has 0 aliphatic heterocycles. The second-order valence-electron chi connectivity index (χ2n) is 4.39. The second kappa shape index (κ2) is 6.58. The van der Waals surface area contributed by atoms with E-state index in [4.69, 9.17) is 0 Å². The van der Waals surface area contributed by atoms with E-state index in [9.17, 15) is 10.1 Å². The van der Waals surface area contributed by atoms with Crippen molar-refractivity contribution in [1.82, 2.24) is 10.3 Å². The van der Waals surface area contributed by atoms with Crippen LogP contribution in [0.4, 0.5) is 5.69 Å². The number of nitrogens with one attached hydrogen (secondary N) is 1. The third-order valence-corrected chi connectivity index (χ3v) is 3.49. The number of aromatic nitrogens is 1. The van der Waals surface area contributed by atoms with Crippen LogP contribution in [0.1, 0.15) is 16.8 Å². The molecule has 0 amide bonds. The van der Waals surface area contributed by atoms with E-state index in [1.54, 1.807) is 19.2 Å². The van der Waals surface area contributed by atoms with E-state index in [0.29, 0.717) is 18.7 Å². The van der Waals surface area contributed by atoms with Gasteiger partial charge in [0.2, 0.25) is 0 Å². The summed E-state index contributed by atoms with van der Waals surface area (Å²) in [5, 5.41) is 14.1. The maximum atomic E-state index is 10.9. The Morgan fingerprint density at radius 2 is 2.10 bits per heavy atom. The number of hydrogen-bond donors (Lipinski definition) is 1. The van der Waals surface area contributed by atoms with Crippen LogP contribution in [-0.2, 0) is 13.1 Å². The minimum atomic E-state index is -0.352. The van der Waals surface area contributed by atoms with Crippen molar-refractivity contribution in [3.63, 3.8) is 0 Å². The molecule has 1 heterocycles. The Morgan fingerprint density at radius 1 is 1.30 bits per heavy atom. The summed E-state index contributed by atoms with van der Waals surface area (Å²) in [5.74, 6) is 0. The lowest BCUT2D eigenvalue weighted by Gasteiger charge is -2.08. The molecule has 1 N–H and O–H groups in total. The van der Waals surface area contributed by atoms with Gasteiger partial charge in [0.1, 0.15) is 0 Å². The summed E-state index contributed by atoms with van der Waals surface area (Å²) in [6, 6.07) is 8.99. The SMILES string of the molecule is Cc1c(CNCc2ccc(Br)cn2)cccc1[N+](=O)[O-]. The largest absolute Gasteiger partial charge is 0.307 e. The van der Waals surface area contributed by atoms with Gasteiger partial charge >= 0.3 is 0 Å². The summed E-state index contributed by atoms with van der Waals surface area (Å²) in [5.41, 5.74) is 2.72. The van der Waals surface area contributed by atoms with Crippen LogP contribution in [0, 0.1) is 17.0 Å². The van der Waals surface area contributed by atoms with Crippen LogP contribution in [0.2, 0.25) is 0 Å². The Balaban J connectivity index is 1.99. The maximum Gasteiger partial charge on any atom is 0.272 e. The van der Waals surface area contributed by atoms with Gasteiger partial charge in [-0.1, -0.05) is 12.1 Å². The minimum absolute atomic E-state index is 0.158. The topological polar surface area (TPSA) is 68.1 Å². The highest BCUT2D eigenvalue weighted by atomic mass is 79.9. The quantitative estimate of drug-likeness (QED) is 0.672. The summed E-state index contributed by atoms with van der Waals surface area (Å²) < 4.78 is 0.941. The molecule has 0 unspecified atom stereocenters. The van der Waals surface area contributed by atoms with Crippen molar-refractivity contribution in [2.24, 2.45) is 0 Å². The average Bonchev–Trinajstić information content (AvgIpc) is 2.42. The molecule has 104 valence electrons. The number of benzene rings is 1. The number of nitro groups is 1. The molecule has 0 saturated carbocycles. The first kappa shape index (κ1) is 14.6. The number of hydrogen-bond acceptors (Lipinski definition) is 4. The van der Waals surface area contributed by atoms with Crippen molar-refractivity contribution in [1.29, 1.82) is 0 Å². The monoisotopic (exact) mass is 335 g/mol. The van der Waals surface area contributed by atoms with Crippen LogP contribution < -0.4 is 5.32 Å². The van der Waals surface area contributed by atoms with Gasteiger partial charge in [-0.05, 0) is 40.5 Å². The summed E-state index contributed by atoms with van der Waals surface area (Å²) in [6.45, 7) is 2.97. The van der Waals surface area contributed by atoms with Gasteiger partial charge in [0.25, 0.3) is 5.69 Å². The average molecular weight is 336 g/mol. The lowest BCUT2D eigenvalue weighted by atomic mass is 10.1. The van der Waals surface area contributed by atoms with Crippen LogP contribution in [-0.4, -0.2) is 9.91 Å². The van der Waals surface area contributed by atoms with Crippen LogP contribution in [0.15, 0.2) is 41.0 Å². The van der Waals surface area contributed by atoms with Crippen LogP contribution in [0.3, 0.4) is 0 Å². The molecule has 0 fully saturated rings. The number of nitrogens with zero attached hydrogens (tertiary/aromatic N) is 2. The molecule has 0 saturated heterocycles. The molecule has 0 aliphatic rings. The molecule has 0 atom stereocenters. The molecule has 0 bridgehead atoms. The highest BCUT2D eigenvalue weighted by Crippen LogP contribution is 2.20. The molecule has 2 rings (SSSR count). The molecule has 0 spiro atoms. The highest BCUT2D eigenvalue weighted by molar-refractivity contribution is 9.10. The van der Waals surface area contributed by atoms with Gasteiger partial charge < -0.3 is 5.32 Å². The number of rotatable bonds is 5. The summed E-state index contributed by atoms with van der Waals surface area (Å²) >= 11 is 3.33. The Kier molecular flexibility index (Phi) is 4.81. The lowest BCUT2D eigenvalue weighted by Crippen LogP contribution is -2.14. The van der Waals surface area contributed by atoms with Crippen molar-refractivity contribution in [3.05, 3.63) is 67.9 Å².